The molecular weight excluding hydrogens is 800 g/mol. The molecule has 0 fully saturated rings. The van der Waals surface area contributed by atoms with E-state index in [1.54, 1.807) is 0 Å². The van der Waals surface area contributed by atoms with Crippen molar-refractivity contribution in [2.24, 2.45) is 23.7 Å². The Labute approximate surface area is 367 Å². The fourth-order valence-electron chi connectivity index (χ4n) is 6.93. The lowest BCUT2D eigenvalue weighted by molar-refractivity contribution is 0.183. The van der Waals surface area contributed by atoms with Gasteiger partial charge in [-0.1, -0.05) is 170 Å². The smallest absolute Gasteiger partial charge is 0.200 e. The molecule has 4 unspecified atom stereocenters. The Balaban J connectivity index is 3.32. The fraction of sp³-hybridized carbons (Fsp3) is 0.686. The Hall–Kier alpha value is -3.37. The summed E-state index contributed by atoms with van der Waals surface area (Å²) in [6.45, 7) is 24.7. The van der Waals surface area contributed by atoms with Gasteiger partial charge < -0.3 is 18.9 Å². The van der Waals surface area contributed by atoms with E-state index in [1.165, 1.54) is 0 Å². The van der Waals surface area contributed by atoms with Gasteiger partial charge in [-0.3, -0.25) is 0 Å². The molecule has 0 saturated heterocycles. The standard InChI is InChI=1S/C51H77F5O4Si/c1-12-20-24-36(16-5)32-57-48-41(29-28-40-43(52)45(54)47(56)46(55)44(40)53)49(58-33-37(17-6)25-21-13-2)51(60-35-39(19-8)27-23-15-4)42(30-31-61(9,10)11)50(48)59-34-38(18-7)26-22-14-3/h36-39H,12-27,32-35H2,1-11H3. The molecule has 0 spiro atoms. The van der Waals surface area contributed by atoms with Crippen LogP contribution in [0.3, 0.4) is 0 Å². The molecule has 4 atom stereocenters. The van der Waals surface area contributed by atoms with Crippen molar-refractivity contribution in [1.29, 1.82) is 0 Å². The van der Waals surface area contributed by atoms with Crippen LogP contribution in [0.25, 0.3) is 0 Å². The Morgan fingerprint density at radius 3 is 0.918 bits per heavy atom. The predicted molar refractivity (Wildman–Crippen MR) is 244 cm³/mol. The third-order valence-corrected chi connectivity index (χ3v) is 12.3. The van der Waals surface area contributed by atoms with Crippen molar-refractivity contribution in [2.45, 2.75) is 178 Å². The minimum atomic E-state index is -2.25. The van der Waals surface area contributed by atoms with E-state index >= 15 is 8.78 Å². The minimum absolute atomic E-state index is 0.0615. The topological polar surface area (TPSA) is 36.9 Å². The number of rotatable bonds is 28. The molecule has 0 bridgehead atoms. The highest BCUT2D eigenvalue weighted by molar-refractivity contribution is 6.83. The maximum Gasteiger partial charge on any atom is 0.200 e. The lowest BCUT2D eigenvalue weighted by Crippen LogP contribution is -2.20. The van der Waals surface area contributed by atoms with Crippen LogP contribution < -0.4 is 18.9 Å². The van der Waals surface area contributed by atoms with Crippen LogP contribution in [0.1, 0.15) is 175 Å². The van der Waals surface area contributed by atoms with Gasteiger partial charge in [-0.05, 0) is 49.4 Å². The lowest BCUT2D eigenvalue weighted by Gasteiger charge is -2.27. The van der Waals surface area contributed by atoms with Crippen LogP contribution in [0, 0.1) is 76.1 Å². The van der Waals surface area contributed by atoms with E-state index in [0.717, 1.165) is 103 Å². The van der Waals surface area contributed by atoms with Gasteiger partial charge in [0.2, 0.25) is 5.82 Å². The van der Waals surface area contributed by atoms with Gasteiger partial charge in [-0.25, -0.2) is 22.0 Å². The van der Waals surface area contributed by atoms with Crippen LogP contribution in [-0.2, 0) is 0 Å². The van der Waals surface area contributed by atoms with Gasteiger partial charge in [0, 0.05) is 0 Å². The largest absolute Gasteiger partial charge is 0.488 e. The summed E-state index contributed by atoms with van der Waals surface area (Å²) in [6.07, 6.45) is 15.2. The van der Waals surface area contributed by atoms with Crippen molar-refractivity contribution < 1.29 is 40.9 Å². The molecule has 10 heteroatoms. The molecular formula is C51H77F5O4Si. The molecule has 61 heavy (non-hydrogen) atoms. The van der Waals surface area contributed by atoms with Crippen molar-refractivity contribution >= 4 is 8.07 Å². The molecule has 0 aromatic heterocycles. The van der Waals surface area contributed by atoms with Crippen LogP contribution in [0.4, 0.5) is 22.0 Å². The molecule has 0 aliphatic heterocycles. The first-order chi connectivity index (χ1) is 29.2. The van der Waals surface area contributed by atoms with Crippen molar-refractivity contribution in [3.05, 3.63) is 45.8 Å². The van der Waals surface area contributed by atoms with E-state index < -0.39 is 42.7 Å². The zero-order chi connectivity index (χ0) is 45.5. The Morgan fingerprint density at radius 2 is 0.656 bits per heavy atom. The second-order valence-electron chi connectivity index (χ2n) is 17.7. The summed E-state index contributed by atoms with van der Waals surface area (Å²) in [7, 11) is -2.04. The van der Waals surface area contributed by atoms with Crippen LogP contribution in [0.15, 0.2) is 0 Å². The average molecular weight is 877 g/mol. The average Bonchev–Trinajstić information content (AvgIpc) is 3.25. The minimum Gasteiger partial charge on any atom is -0.488 e. The first kappa shape index (κ1) is 53.8. The second-order valence-corrected chi connectivity index (χ2v) is 22.4. The maximum atomic E-state index is 15.3. The molecule has 344 valence electrons. The molecule has 0 radical (unpaired) electrons. The van der Waals surface area contributed by atoms with E-state index in [4.69, 9.17) is 18.9 Å². The molecule has 0 saturated carbocycles. The number of ether oxygens (including phenoxy) is 4. The fourth-order valence-corrected chi connectivity index (χ4v) is 7.43. The summed E-state index contributed by atoms with van der Waals surface area (Å²) < 4.78 is 102. The summed E-state index contributed by atoms with van der Waals surface area (Å²) in [5.41, 5.74) is 2.79. The first-order valence-electron chi connectivity index (χ1n) is 23.5. The van der Waals surface area contributed by atoms with Gasteiger partial charge in [-0.2, -0.15) is 0 Å². The van der Waals surface area contributed by atoms with Gasteiger partial charge >= 0.3 is 0 Å². The van der Waals surface area contributed by atoms with Gasteiger partial charge in [-0.15, -0.1) is 5.54 Å². The number of hydrogen-bond acceptors (Lipinski definition) is 4. The molecule has 0 heterocycles. The number of unbranched alkanes of at least 4 members (excludes halogenated alkanes) is 4. The van der Waals surface area contributed by atoms with Crippen molar-refractivity contribution in [1.82, 2.24) is 0 Å². The molecule has 4 nitrogen and oxygen atoms in total. The van der Waals surface area contributed by atoms with Crippen molar-refractivity contribution in [3.63, 3.8) is 0 Å². The van der Waals surface area contributed by atoms with E-state index in [0.29, 0.717) is 18.8 Å². The second kappa shape index (κ2) is 28.3. The highest BCUT2D eigenvalue weighted by Crippen LogP contribution is 2.50. The molecule has 2 rings (SSSR count). The van der Waals surface area contributed by atoms with Gasteiger partial charge in [0.15, 0.2) is 46.3 Å². The van der Waals surface area contributed by atoms with Crippen molar-refractivity contribution in [3.8, 4) is 46.3 Å². The third-order valence-electron chi connectivity index (χ3n) is 11.4. The Morgan fingerprint density at radius 1 is 0.393 bits per heavy atom. The first-order valence-corrected chi connectivity index (χ1v) is 27.0. The zero-order valence-electron chi connectivity index (χ0n) is 39.5. The SMILES string of the molecule is CCCCC(CC)COc1c(C#Cc2c(F)c(F)c(F)c(F)c2F)c(OCC(CC)CCCC)c(OCC(CC)CCCC)c(C#C[Si](C)(C)C)c1OCC(CC)CCCC. The third kappa shape index (κ3) is 17.0. The lowest BCUT2D eigenvalue weighted by atomic mass is 9.99. The maximum absolute atomic E-state index is 15.3. The van der Waals surface area contributed by atoms with E-state index in [9.17, 15) is 13.2 Å². The normalized spacial score (nSPS) is 13.4. The highest BCUT2D eigenvalue weighted by atomic mass is 28.3. The van der Waals surface area contributed by atoms with E-state index in [2.05, 4.69) is 98.3 Å². The zero-order valence-corrected chi connectivity index (χ0v) is 40.5. The van der Waals surface area contributed by atoms with Crippen LogP contribution >= 0.6 is 0 Å². The summed E-state index contributed by atoms with van der Waals surface area (Å²) in [4.78, 5) is 0. The molecule has 0 aliphatic carbocycles. The molecule has 0 N–H and O–H groups in total. The molecule has 2 aromatic rings. The Kier molecular flexibility index (Phi) is 25.0. The molecule has 0 amide bonds. The number of benzene rings is 2. The molecule has 2 aromatic carbocycles. The van der Waals surface area contributed by atoms with Crippen LogP contribution in [0.5, 0.6) is 23.0 Å². The summed E-state index contributed by atoms with van der Waals surface area (Å²) in [5, 5.41) is 0. The summed E-state index contributed by atoms with van der Waals surface area (Å²) in [6, 6.07) is 0. The quantitative estimate of drug-likeness (QED) is 0.0281. The summed E-state index contributed by atoms with van der Waals surface area (Å²) in [5.74, 6) is -0.149. The molecule has 0 aliphatic rings. The van der Waals surface area contributed by atoms with Gasteiger partial charge in [0.1, 0.15) is 24.8 Å². The van der Waals surface area contributed by atoms with Gasteiger partial charge in [0.05, 0.1) is 26.4 Å². The number of halogens is 5. The van der Waals surface area contributed by atoms with Gasteiger partial charge in [0.25, 0.3) is 0 Å². The Bertz CT molecular complexity index is 1660. The van der Waals surface area contributed by atoms with Crippen molar-refractivity contribution in [2.75, 3.05) is 26.4 Å². The van der Waals surface area contributed by atoms with E-state index in [1.807, 2.05) is 0 Å². The monoisotopic (exact) mass is 877 g/mol. The van der Waals surface area contributed by atoms with E-state index in [-0.39, 0.29) is 65.4 Å². The highest BCUT2D eigenvalue weighted by Gasteiger charge is 2.31. The van der Waals surface area contributed by atoms with Crippen LogP contribution in [-0.4, -0.2) is 34.5 Å². The van der Waals surface area contributed by atoms with Crippen LogP contribution in [0.2, 0.25) is 19.6 Å². The predicted octanol–water partition coefficient (Wildman–Crippen LogP) is 15.4. The summed E-state index contributed by atoms with van der Waals surface area (Å²) >= 11 is 0. The number of hydrogen-bond donors (Lipinski definition) is 0.